The number of aromatic nitrogens is 2. The second-order valence-electron chi connectivity index (χ2n) is 13.8. The summed E-state index contributed by atoms with van der Waals surface area (Å²) >= 11 is 0. The van der Waals surface area contributed by atoms with Gasteiger partial charge in [-0.3, -0.25) is 0 Å². The van der Waals surface area contributed by atoms with Gasteiger partial charge in [-0.25, -0.2) is 0 Å². The maximum atomic E-state index is 8.23. The molecule has 0 spiro atoms. The van der Waals surface area contributed by atoms with Crippen LogP contribution in [0.5, 0.6) is 0 Å². The summed E-state index contributed by atoms with van der Waals surface area (Å²) in [6.45, 7) is 8.07. The van der Waals surface area contributed by atoms with Crippen LogP contribution in [0.3, 0.4) is 0 Å². The minimum absolute atomic E-state index is 0. The number of para-hydroxylation sites is 1. The third kappa shape index (κ3) is 7.44. The fourth-order valence-corrected chi connectivity index (χ4v) is 6.53. The van der Waals surface area contributed by atoms with Crippen LogP contribution in [0.1, 0.15) is 45.7 Å². The van der Waals surface area contributed by atoms with Gasteiger partial charge in [0, 0.05) is 46.1 Å². The van der Waals surface area contributed by atoms with E-state index in [4.69, 9.17) is 12.6 Å². The molecule has 3 nitrogen and oxygen atoms in total. The first-order chi connectivity index (χ1) is 24.8. The Bertz CT molecular complexity index is 2390. The Labute approximate surface area is 308 Å². The van der Waals surface area contributed by atoms with E-state index in [1.807, 2.05) is 87.6 Å². The van der Waals surface area contributed by atoms with Crippen molar-refractivity contribution in [2.24, 2.45) is 0 Å². The molecule has 3 heterocycles. The Morgan fingerprint density at radius 3 is 2.17 bits per heavy atom. The van der Waals surface area contributed by atoms with Gasteiger partial charge in [0.15, 0.2) is 0 Å². The van der Waals surface area contributed by atoms with Crippen molar-refractivity contribution < 1.29 is 32.7 Å². The molecule has 0 N–H and O–H groups in total. The Kier molecular flexibility index (Phi) is 8.18. The fourth-order valence-electron chi connectivity index (χ4n) is 5.49. The van der Waals surface area contributed by atoms with Gasteiger partial charge in [-0.2, -0.15) is 0 Å². The molecule has 4 aromatic carbocycles. The van der Waals surface area contributed by atoms with Crippen LogP contribution in [0.15, 0.2) is 114 Å². The van der Waals surface area contributed by atoms with Crippen molar-refractivity contribution in [1.82, 2.24) is 9.97 Å². The maximum Gasteiger partial charge on any atom is 0.120 e. The van der Waals surface area contributed by atoms with Crippen molar-refractivity contribution in [3.63, 3.8) is 0 Å². The molecular formula is C43H42IrN2OSi-2. The van der Waals surface area contributed by atoms with Crippen LogP contribution in [0, 0.1) is 25.8 Å². The maximum absolute atomic E-state index is 8.23. The van der Waals surface area contributed by atoms with Gasteiger partial charge in [-0.1, -0.05) is 106 Å². The van der Waals surface area contributed by atoms with E-state index in [1.54, 1.807) is 24.3 Å². The molecule has 0 saturated carbocycles. The van der Waals surface area contributed by atoms with Gasteiger partial charge < -0.3 is 14.4 Å². The molecule has 0 atom stereocenters. The topological polar surface area (TPSA) is 38.9 Å². The first-order valence-electron chi connectivity index (χ1n) is 18.7. The number of nitrogens with zero attached hydrogens (tertiary/aromatic N) is 2. The van der Waals surface area contributed by atoms with Gasteiger partial charge in [-0.15, -0.1) is 54.1 Å². The van der Waals surface area contributed by atoms with Crippen molar-refractivity contribution in [3.05, 3.63) is 138 Å². The molecule has 5 heteroatoms. The predicted octanol–water partition coefficient (Wildman–Crippen LogP) is 11.1. The van der Waals surface area contributed by atoms with Gasteiger partial charge >= 0.3 is 0 Å². The number of aryl methyl sites for hydroxylation is 2. The Morgan fingerprint density at radius 2 is 1.48 bits per heavy atom. The molecule has 7 rings (SSSR count). The molecule has 0 unspecified atom stereocenters. The molecule has 0 saturated heterocycles. The predicted molar refractivity (Wildman–Crippen MR) is 201 cm³/mol. The van der Waals surface area contributed by atoms with Crippen LogP contribution < -0.4 is 5.19 Å². The molecule has 0 bridgehead atoms. The normalized spacial score (nSPS) is 14.0. The number of hydrogen-bond acceptors (Lipinski definition) is 3. The summed E-state index contributed by atoms with van der Waals surface area (Å²) < 4.78 is 55.3. The van der Waals surface area contributed by atoms with Crippen molar-refractivity contribution >= 4 is 35.2 Å². The molecule has 0 aliphatic heterocycles. The summed E-state index contributed by atoms with van der Waals surface area (Å²) in [5.74, 6) is 0. The largest absolute Gasteiger partial charge is 0.501 e. The second kappa shape index (κ2) is 14.1. The number of furan rings is 1. The molecule has 0 aliphatic rings. The summed E-state index contributed by atoms with van der Waals surface area (Å²) in [5, 5.41) is 3.24. The molecule has 7 aromatic rings. The van der Waals surface area contributed by atoms with Gasteiger partial charge in [0.1, 0.15) is 5.58 Å². The van der Waals surface area contributed by atoms with E-state index in [0.29, 0.717) is 28.0 Å². The number of benzene rings is 4. The summed E-state index contributed by atoms with van der Waals surface area (Å²) in [5.41, 5.74) is 5.72. The summed E-state index contributed by atoms with van der Waals surface area (Å²) in [6.07, 6.45) is 3.33. The minimum atomic E-state index is -2.50. The van der Waals surface area contributed by atoms with E-state index < -0.39 is 21.8 Å². The minimum Gasteiger partial charge on any atom is -0.501 e. The van der Waals surface area contributed by atoms with E-state index in [0.717, 1.165) is 33.2 Å². The third-order valence-electron chi connectivity index (χ3n) is 8.29. The van der Waals surface area contributed by atoms with Crippen LogP contribution in [0.25, 0.3) is 55.6 Å². The standard InChI is InChI=1S/C29H26NO.C14H16NSi.Ir/c1-18-15-20(29(3,4)5)13-14-21(18)25-16-26(30-17-19(25)2)24-11-8-10-23-22-9-6-7-12-27(22)31-28(23)24;1-16(2,3)13-9-10-14(15-11-13)12-7-5-4-6-8-12;/h6-10,12-17H,1-5H3;4-7,9-11H,1-3H3;/q2*-1;/i1D3,2D3;;. The monoisotopic (exact) mass is 829 g/mol. The van der Waals surface area contributed by atoms with Gasteiger partial charge in [0.05, 0.1) is 13.7 Å². The molecular weight excluding hydrogens is 781 g/mol. The molecule has 48 heavy (non-hydrogen) atoms. The number of rotatable bonds is 4. The number of pyridine rings is 2. The van der Waals surface area contributed by atoms with E-state index in [2.05, 4.69) is 53.9 Å². The van der Waals surface area contributed by atoms with E-state index in [1.165, 1.54) is 11.4 Å². The molecule has 3 aromatic heterocycles. The Hall–Kier alpha value is -4.15. The Morgan fingerprint density at radius 1 is 0.708 bits per heavy atom. The zero-order chi connectivity index (χ0) is 38.3. The number of hydrogen-bond donors (Lipinski definition) is 0. The molecule has 0 fully saturated rings. The zero-order valence-electron chi connectivity index (χ0n) is 34.0. The van der Waals surface area contributed by atoms with Crippen LogP contribution >= 0.6 is 0 Å². The van der Waals surface area contributed by atoms with Crippen LogP contribution in [-0.4, -0.2) is 18.0 Å². The molecule has 245 valence electrons. The van der Waals surface area contributed by atoms with Crippen LogP contribution in [-0.2, 0) is 25.5 Å². The fraction of sp³-hybridized carbons (Fsp3) is 0.209. The van der Waals surface area contributed by atoms with Crippen LogP contribution in [0.4, 0.5) is 0 Å². The van der Waals surface area contributed by atoms with E-state index in [9.17, 15) is 0 Å². The second-order valence-corrected chi connectivity index (χ2v) is 18.9. The van der Waals surface area contributed by atoms with E-state index >= 15 is 0 Å². The first-order valence-corrected chi connectivity index (χ1v) is 19.2. The SMILES string of the molecule is C[Si](C)(C)c1ccc(-c2[c-]cccc2)nc1.[2H]C([2H])([2H])c1cnc(-c2[c-]ccc3c2oc2ccccc23)cc1-c1ccc(C(C)(C)C)cc1C([2H])([2H])[2H].[Ir]. The van der Waals surface area contributed by atoms with Crippen molar-refractivity contribution in [2.45, 2.75) is 59.5 Å². The summed E-state index contributed by atoms with van der Waals surface area (Å²) in [7, 11) is -1.23. The molecule has 0 amide bonds. The van der Waals surface area contributed by atoms with Gasteiger partial charge in [0.25, 0.3) is 0 Å². The van der Waals surface area contributed by atoms with Crippen molar-refractivity contribution in [2.75, 3.05) is 0 Å². The van der Waals surface area contributed by atoms with Crippen LogP contribution in [0.2, 0.25) is 19.6 Å². The quantitative estimate of drug-likeness (QED) is 0.131. The third-order valence-corrected chi connectivity index (χ3v) is 10.3. The Balaban J connectivity index is 0.000000276. The van der Waals surface area contributed by atoms with Gasteiger partial charge in [-0.05, 0) is 69.6 Å². The average molecular weight is 829 g/mol. The average Bonchev–Trinajstić information content (AvgIpc) is 3.49. The smallest absolute Gasteiger partial charge is 0.120 e. The summed E-state index contributed by atoms with van der Waals surface area (Å²) in [4.78, 5) is 9.00. The molecule has 1 radical (unpaired) electrons. The summed E-state index contributed by atoms with van der Waals surface area (Å²) in [6, 6.07) is 36.9. The van der Waals surface area contributed by atoms with E-state index in [-0.39, 0.29) is 36.6 Å². The number of fused-ring (bicyclic) bond motifs is 3. The first kappa shape index (κ1) is 27.8. The van der Waals surface area contributed by atoms with Gasteiger partial charge in [0.2, 0.25) is 0 Å². The zero-order valence-corrected chi connectivity index (χ0v) is 31.4. The molecule has 0 aliphatic carbocycles. The van der Waals surface area contributed by atoms with Crippen molar-refractivity contribution in [3.8, 4) is 33.6 Å². The van der Waals surface area contributed by atoms with Crippen molar-refractivity contribution in [1.29, 1.82) is 0 Å².